The molecule has 3 N–H and O–H groups in total. The number of morpholine rings is 1. The molecule has 0 saturated carbocycles. The number of ether oxygens (including phenoxy) is 1. The van der Waals surface area contributed by atoms with Crippen LogP contribution in [0.5, 0.6) is 0 Å². The number of nitrogens with one attached hydrogen (secondary N) is 3. The summed E-state index contributed by atoms with van der Waals surface area (Å²) in [7, 11) is -3.67. The molecule has 35 heavy (non-hydrogen) atoms. The summed E-state index contributed by atoms with van der Waals surface area (Å²) in [6, 6.07) is 5.49. The Labute approximate surface area is 199 Å². The minimum atomic E-state index is -4.68. The summed E-state index contributed by atoms with van der Waals surface area (Å²) in [5.74, 6) is -0.538. The van der Waals surface area contributed by atoms with Gasteiger partial charge in [0.25, 0.3) is 0 Å². The SMILES string of the molecule is O=C1NCCN1CCNc1nc(Nc2ccc(S(=O)(=O)N3CCOCC3)cc2)ncc1C(F)(F)F. The van der Waals surface area contributed by atoms with Crippen molar-refractivity contribution in [3.63, 3.8) is 0 Å². The van der Waals surface area contributed by atoms with Crippen LogP contribution in [0.1, 0.15) is 5.56 Å². The maximum absolute atomic E-state index is 13.4. The van der Waals surface area contributed by atoms with Crippen molar-refractivity contribution in [2.75, 3.05) is 63.1 Å². The van der Waals surface area contributed by atoms with E-state index in [-0.39, 0.29) is 43.1 Å². The average Bonchev–Trinajstić information content (AvgIpc) is 3.24. The highest BCUT2D eigenvalue weighted by atomic mass is 32.2. The Bertz CT molecular complexity index is 1160. The second kappa shape index (κ2) is 10.2. The highest BCUT2D eigenvalue weighted by Gasteiger charge is 2.35. The number of hydrogen-bond donors (Lipinski definition) is 3. The van der Waals surface area contributed by atoms with E-state index in [0.29, 0.717) is 38.2 Å². The number of carbonyl (C=O) groups excluding carboxylic acids is 1. The van der Waals surface area contributed by atoms with Crippen LogP contribution in [-0.2, 0) is 20.9 Å². The molecular formula is C20H24F3N7O4S. The molecule has 11 nitrogen and oxygen atoms in total. The van der Waals surface area contributed by atoms with Crippen molar-refractivity contribution in [2.24, 2.45) is 0 Å². The molecule has 2 amide bonds. The molecule has 190 valence electrons. The van der Waals surface area contributed by atoms with E-state index >= 15 is 0 Å². The summed E-state index contributed by atoms with van der Waals surface area (Å²) >= 11 is 0. The van der Waals surface area contributed by atoms with E-state index < -0.39 is 27.6 Å². The van der Waals surface area contributed by atoms with E-state index in [4.69, 9.17) is 4.74 Å². The summed E-state index contributed by atoms with van der Waals surface area (Å²) in [6.45, 7) is 2.40. The molecule has 2 aromatic rings. The lowest BCUT2D eigenvalue weighted by Crippen LogP contribution is -2.40. The molecule has 15 heteroatoms. The number of benzene rings is 1. The molecule has 0 aliphatic carbocycles. The molecule has 1 aromatic heterocycles. The molecule has 2 aliphatic heterocycles. The maximum atomic E-state index is 13.4. The highest BCUT2D eigenvalue weighted by molar-refractivity contribution is 7.89. The second-order valence-electron chi connectivity index (χ2n) is 7.77. The van der Waals surface area contributed by atoms with Crippen LogP contribution in [0.15, 0.2) is 35.4 Å². The fourth-order valence-corrected chi connectivity index (χ4v) is 5.00. The van der Waals surface area contributed by atoms with Gasteiger partial charge in [0.15, 0.2) is 0 Å². The fourth-order valence-electron chi connectivity index (χ4n) is 3.59. The van der Waals surface area contributed by atoms with Gasteiger partial charge in [-0.2, -0.15) is 22.5 Å². The fraction of sp³-hybridized carbons (Fsp3) is 0.450. The second-order valence-corrected chi connectivity index (χ2v) is 9.70. The lowest BCUT2D eigenvalue weighted by atomic mass is 10.3. The van der Waals surface area contributed by atoms with Gasteiger partial charge in [0.1, 0.15) is 11.4 Å². The Hall–Kier alpha value is -3.17. The molecule has 2 aliphatic rings. The Morgan fingerprint density at radius 2 is 1.83 bits per heavy atom. The molecule has 3 heterocycles. The van der Waals surface area contributed by atoms with Gasteiger partial charge >= 0.3 is 12.2 Å². The number of rotatable bonds is 8. The molecular weight excluding hydrogens is 491 g/mol. The van der Waals surface area contributed by atoms with Crippen molar-refractivity contribution in [2.45, 2.75) is 11.1 Å². The van der Waals surface area contributed by atoms with Crippen molar-refractivity contribution in [3.05, 3.63) is 36.0 Å². The highest BCUT2D eigenvalue weighted by Crippen LogP contribution is 2.34. The Morgan fingerprint density at radius 1 is 1.11 bits per heavy atom. The van der Waals surface area contributed by atoms with Gasteiger partial charge in [-0.25, -0.2) is 18.2 Å². The summed E-state index contributed by atoms with van der Waals surface area (Å²) in [5.41, 5.74) is -0.647. The number of amides is 2. The predicted molar refractivity (Wildman–Crippen MR) is 120 cm³/mol. The van der Waals surface area contributed by atoms with Gasteiger partial charge in [-0.1, -0.05) is 0 Å². The van der Waals surface area contributed by atoms with Crippen molar-refractivity contribution < 1.29 is 31.1 Å². The number of halogens is 3. The molecule has 2 fully saturated rings. The zero-order chi connectivity index (χ0) is 25.1. The van der Waals surface area contributed by atoms with E-state index in [0.717, 1.165) is 0 Å². The monoisotopic (exact) mass is 515 g/mol. The van der Waals surface area contributed by atoms with Gasteiger partial charge in [0.05, 0.1) is 18.1 Å². The quantitative estimate of drug-likeness (QED) is 0.485. The first-order valence-electron chi connectivity index (χ1n) is 10.8. The number of carbonyl (C=O) groups is 1. The van der Waals surface area contributed by atoms with Crippen LogP contribution in [0, 0.1) is 0 Å². The van der Waals surface area contributed by atoms with Crippen LogP contribution in [0.4, 0.5) is 35.4 Å². The third-order valence-corrected chi connectivity index (χ3v) is 7.34. The minimum Gasteiger partial charge on any atom is -0.379 e. The van der Waals surface area contributed by atoms with E-state index in [1.165, 1.54) is 33.5 Å². The number of urea groups is 1. The molecule has 0 radical (unpaired) electrons. The third kappa shape index (κ3) is 5.91. The van der Waals surface area contributed by atoms with Gasteiger partial charge in [0.2, 0.25) is 16.0 Å². The van der Waals surface area contributed by atoms with Crippen LogP contribution in [0.2, 0.25) is 0 Å². The molecule has 0 atom stereocenters. The standard InChI is InChI=1S/C20H24F3N7O4S/c21-20(22,23)16-13-26-18(28-17(16)24-5-7-29-8-6-25-19(29)31)27-14-1-3-15(4-2-14)35(32,33)30-9-11-34-12-10-30/h1-4,13H,5-12H2,(H,25,31)(H2,24,26,27,28). The van der Waals surface area contributed by atoms with Crippen LogP contribution < -0.4 is 16.0 Å². The Kier molecular flexibility index (Phi) is 7.28. The normalized spacial score (nSPS) is 17.3. The summed E-state index contributed by atoms with van der Waals surface area (Å²) in [4.78, 5) is 20.9. The van der Waals surface area contributed by atoms with Gasteiger partial charge in [-0.3, -0.25) is 0 Å². The maximum Gasteiger partial charge on any atom is 0.421 e. The van der Waals surface area contributed by atoms with Crippen molar-refractivity contribution in [1.29, 1.82) is 0 Å². The minimum absolute atomic E-state index is 0.0566. The van der Waals surface area contributed by atoms with E-state index in [1.54, 1.807) is 0 Å². The Morgan fingerprint density at radius 3 is 2.46 bits per heavy atom. The largest absolute Gasteiger partial charge is 0.421 e. The zero-order valence-corrected chi connectivity index (χ0v) is 19.3. The smallest absolute Gasteiger partial charge is 0.379 e. The summed E-state index contributed by atoms with van der Waals surface area (Å²) in [5, 5.41) is 8.04. The van der Waals surface area contributed by atoms with Crippen molar-refractivity contribution in [3.8, 4) is 0 Å². The first-order chi connectivity index (χ1) is 16.6. The van der Waals surface area contributed by atoms with Gasteiger partial charge in [-0.05, 0) is 24.3 Å². The molecule has 0 unspecified atom stereocenters. The first kappa shape index (κ1) is 24.9. The number of aromatic nitrogens is 2. The van der Waals surface area contributed by atoms with Gasteiger partial charge < -0.3 is 25.6 Å². The number of anilines is 3. The van der Waals surface area contributed by atoms with Crippen LogP contribution in [0.3, 0.4) is 0 Å². The molecule has 1 aromatic carbocycles. The number of alkyl halides is 3. The van der Waals surface area contributed by atoms with Crippen molar-refractivity contribution >= 4 is 33.5 Å². The summed E-state index contributed by atoms with van der Waals surface area (Å²) in [6.07, 6.45) is -4.02. The topological polar surface area (TPSA) is 129 Å². The summed E-state index contributed by atoms with van der Waals surface area (Å²) < 4.78 is 72.3. The zero-order valence-electron chi connectivity index (χ0n) is 18.5. The van der Waals surface area contributed by atoms with E-state index in [2.05, 4.69) is 25.9 Å². The van der Waals surface area contributed by atoms with E-state index in [1.807, 2.05) is 0 Å². The Balaban J connectivity index is 1.46. The lowest BCUT2D eigenvalue weighted by Gasteiger charge is -2.26. The first-order valence-corrected chi connectivity index (χ1v) is 12.2. The average molecular weight is 516 g/mol. The van der Waals surface area contributed by atoms with E-state index in [9.17, 15) is 26.4 Å². The third-order valence-electron chi connectivity index (χ3n) is 5.43. The molecule has 0 bridgehead atoms. The van der Waals surface area contributed by atoms with Crippen LogP contribution in [0.25, 0.3) is 0 Å². The lowest BCUT2D eigenvalue weighted by molar-refractivity contribution is -0.137. The van der Waals surface area contributed by atoms with Gasteiger partial charge in [0, 0.05) is 51.2 Å². The molecule has 4 rings (SSSR count). The predicted octanol–water partition coefficient (Wildman–Crippen LogP) is 1.70. The van der Waals surface area contributed by atoms with Crippen molar-refractivity contribution in [1.82, 2.24) is 24.5 Å². The van der Waals surface area contributed by atoms with Gasteiger partial charge in [-0.15, -0.1) is 0 Å². The number of nitrogens with zero attached hydrogens (tertiary/aromatic N) is 4. The van der Waals surface area contributed by atoms with Crippen LogP contribution in [-0.4, -0.2) is 86.1 Å². The number of sulfonamides is 1. The number of hydrogen-bond acceptors (Lipinski definition) is 8. The molecule has 2 saturated heterocycles. The van der Waals surface area contributed by atoms with Crippen LogP contribution >= 0.6 is 0 Å². The molecule has 0 spiro atoms.